The number of aromatic amines is 1. The largest absolute Gasteiger partial charge is 0.462 e. The molecule has 0 unspecified atom stereocenters. The van der Waals surface area contributed by atoms with Crippen molar-refractivity contribution in [2.75, 3.05) is 12.4 Å². The van der Waals surface area contributed by atoms with Gasteiger partial charge in [0.2, 0.25) is 0 Å². The summed E-state index contributed by atoms with van der Waals surface area (Å²) in [5, 5.41) is 2.48. The number of halogens is 2. The van der Waals surface area contributed by atoms with E-state index >= 15 is 0 Å². The van der Waals surface area contributed by atoms with Crippen LogP contribution < -0.4 is 5.32 Å². The van der Waals surface area contributed by atoms with Crippen molar-refractivity contribution in [3.63, 3.8) is 0 Å². The molecule has 0 saturated carbocycles. The third-order valence-corrected chi connectivity index (χ3v) is 2.34. The van der Waals surface area contributed by atoms with E-state index in [1.807, 2.05) is 0 Å². The predicted molar refractivity (Wildman–Crippen MR) is 58.9 cm³/mol. The lowest BCUT2D eigenvalue weighted by Gasteiger charge is -2.01. The zero-order valence-electron chi connectivity index (χ0n) is 9.21. The molecule has 2 rings (SSSR count). The van der Waals surface area contributed by atoms with Gasteiger partial charge in [-0.2, -0.15) is 0 Å². The van der Waals surface area contributed by atoms with Crippen molar-refractivity contribution in [2.45, 2.75) is 0 Å². The number of amides is 1. The van der Waals surface area contributed by atoms with Gasteiger partial charge in [0.15, 0.2) is 11.6 Å². The number of carbonyl (C=O) groups is 2. The topological polar surface area (TPSA) is 71.2 Å². The van der Waals surface area contributed by atoms with E-state index in [1.54, 1.807) is 0 Å². The molecule has 0 aliphatic rings. The second kappa shape index (κ2) is 4.44. The van der Waals surface area contributed by atoms with Crippen LogP contribution in [-0.2, 0) is 14.3 Å². The molecule has 1 amide bonds. The van der Waals surface area contributed by atoms with Crippen LogP contribution in [0, 0.1) is 11.6 Å². The number of carbonyl (C=O) groups excluding carboxylic acids is 2. The van der Waals surface area contributed by atoms with Crippen LogP contribution in [0.15, 0.2) is 18.3 Å². The van der Waals surface area contributed by atoms with Gasteiger partial charge < -0.3 is 15.0 Å². The van der Waals surface area contributed by atoms with Crippen LogP contribution in [0.4, 0.5) is 14.5 Å². The van der Waals surface area contributed by atoms with Crippen molar-refractivity contribution in [2.24, 2.45) is 0 Å². The molecule has 0 aliphatic carbocycles. The molecule has 1 heterocycles. The Morgan fingerprint density at radius 2 is 1.94 bits per heavy atom. The number of hydrogen-bond acceptors (Lipinski definition) is 3. The molecule has 0 saturated heterocycles. The first-order valence-corrected chi connectivity index (χ1v) is 4.88. The Kier molecular flexibility index (Phi) is 2.97. The summed E-state index contributed by atoms with van der Waals surface area (Å²) in [7, 11) is 1.06. The first kappa shape index (κ1) is 12.0. The van der Waals surface area contributed by atoms with Gasteiger partial charge in [0.1, 0.15) is 0 Å². The first-order chi connectivity index (χ1) is 8.52. The number of anilines is 1. The number of benzene rings is 1. The smallest absolute Gasteiger partial charge is 0.396 e. The molecule has 1 aromatic heterocycles. The summed E-state index contributed by atoms with van der Waals surface area (Å²) in [5.41, 5.74) is 0.466. The Bertz CT molecular complexity index is 636. The second-order valence-electron chi connectivity index (χ2n) is 3.46. The Balaban J connectivity index is 2.38. The number of rotatable bonds is 1. The van der Waals surface area contributed by atoms with Crippen LogP contribution >= 0.6 is 0 Å². The normalized spacial score (nSPS) is 10.4. The van der Waals surface area contributed by atoms with Crippen molar-refractivity contribution < 1.29 is 23.1 Å². The van der Waals surface area contributed by atoms with Gasteiger partial charge >= 0.3 is 11.9 Å². The zero-order valence-corrected chi connectivity index (χ0v) is 9.21. The minimum atomic E-state index is -1.08. The molecule has 5 nitrogen and oxygen atoms in total. The molecule has 2 N–H and O–H groups in total. The summed E-state index contributed by atoms with van der Waals surface area (Å²) in [6.07, 6.45) is 1.32. The van der Waals surface area contributed by atoms with Gasteiger partial charge in [-0.05, 0) is 6.07 Å². The molecule has 7 heteroatoms. The molecule has 0 atom stereocenters. The summed E-state index contributed by atoms with van der Waals surface area (Å²) in [5.74, 6) is -4.12. The molecule has 2 aromatic rings. The lowest BCUT2D eigenvalue weighted by atomic mass is 10.2. The Labute approximate surface area is 99.7 Å². The predicted octanol–water partition coefficient (Wildman–Crippen LogP) is 1.56. The fourth-order valence-electron chi connectivity index (χ4n) is 1.49. The molecule has 0 aliphatic heterocycles. The molecule has 94 valence electrons. The van der Waals surface area contributed by atoms with Gasteiger partial charge in [0.05, 0.1) is 18.3 Å². The van der Waals surface area contributed by atoms with Crippen LogP contribution in [0.2, 0.25) is 0 Å². The first-order valence-electron chi connectivity index (χ1n) is 4.88. The average molecular weight is 254 g/mol. The molecule has 0 radical (unpaired) electrons. The third-order valence-electron chi connectivity index (χ3n) is 2.34. The second-order valence-corrected chi connectivity index (χ2v) is 3.46. The highest BCUT2D eigenvalue weighted by Crippen LogP contribution is 2.25. The molecule has 0 fully saturated rings. The standard InChI is InChI=1S/C11H8F2N2O3/c1-18-11(17)10(16)15-9-4-14-8-3-7(13)6(12)2-5(8)9/h2-4,14H,1H3,(H,15,16). The fraction of sp³-hybridized carbons (Fsp3) is 0.0909. The lowest BCUT2D eigenvalue weighted by Crippen LogP contribution is -2.23. The molecule has 18 heavy (non-hydrogen) atoms. The number of ether oxygens (including phenoxy) is 1. The zero-order chi connectivity index (χ0) is 13.3. The Hall–Kier alpha value is -2.44. The highest BCUT2D eigenvalue weighted by atomic mass is 19.2. The van der Waals surface area contributed by atoms with Crippen LogP contribution in [0.25, 0.3) is 10.9 Å². The maximum Gasteiger partial charge on any atom is 0.396 e. The van der Waals surface area contributed by atoms with E-state index < -0.39 is 23.5 Å². The quantitative estimate of drug-likeness (QED) is 0.599. The van der Waals surface area contributed by atoms with E-state index in [0.717, 1.165) is 19.2 Å². The third kappa shape index (κ3) is 2.02. The molecular weight excluding hydrogens is 246 g/mol. The van der Waals surface area contributed by atoms with Gasteiger partial charge in [-0.15, -0.1) is 0 Å². The highest BCUT2D eigenvalue weighted by Gasteiger charge is 2.16. The van der Waals surface area contributed by atoms with Crippen LogP contribution in [0.1, 0.15) is 0 Å². The van der Waals surface area contributed by atoms with E-state index in [1.165, 1.54) is 6.20 Å². The van der Waals surface area contributed by atoms with E-state index in [2.05, 4.69) is 15.0 Å². The lowest BCUT2D eigenvalue weighted by molar-refractivity contribution is -0.150. The van der Waals surface area contributed by atoms with Crippen LogP contribution in [0.5, 0.6) is 0 Å². The number of esters is 1. The van der Waals surface area contributed by atoms with Crippen molar-refractivity contribution in [1.82, 2.24) is 4.98 Å². The maximum atomic E-state index is 13.1. The van der Waals surface area contributed by atoms with Crippen LogP contribution in [0.3, 0.4) is 0 Å². The van der Waals surface area contributed by atoms with E-state index in [0.29, 0.717) is 5.52 Å². The number of aromatic nitrogens is 1. The van der Waals surface area contributed by atoms with Crippen molar-refractivity contribution in [3.8, 4) is 0 Å². The fourth-order valence-corrected chi connectivity index (χ4v) is 1.49. The van der Waals surface area contributed by atoms with E-state index in [9.17, 15) is 18.4 Å². The number of hydrogen-bond donors (Lipinski definition) is 2. The summed E-state index contributed by atoms with van der Waals surface area (Å²) >= 11 is 0. The Morgan fingerprint density at radius 3 is 2.61 bits per heavy atom. The highest BCUT2D eigenvalue weighted by molar-refractivity contribution is 6.37. The Morgan fingerprint density at radius 1 is 1.28 bits per heavy atom. The summed E-state index contributed by atoms with van der Waals surface area (Å²) in [4.78, 5) is 24.8. The van der Waals surface area contributed by atoms with Gasteiger partial charge in [-0.3, -0.25) is 4.79 Å². The van der Waals surface area contributed by atoms with Gasteiger partial charge in [0.25, 0.3) is 0 Å². The van der Waals surface area contributed by atoms with Crippen molar-refractivity contribution in [3.05, 3.63) is 30.0 Å². The monoisotopic (exact) mass is 254 g/mol. The number of fused-ring (bicyclic) bond motifs is 1. The summed E-state index contributed by atoms with van der Waals surface area (Å²) < 4.78 is 30.2. The van der Waals surface area contributed by atoms with Gasteiger partial charge in [-0.25, -0.2) is 13.6 Å². The summed E-state index contributed by atoms with van der Waals surface area (Å²) in [6.45, 7) is 0. The number of H-pyrrole nitrogens is 1. The molecule has 0 bridgehead atoms. The van der Waals surface area contributed by atoms with Crippen LogP contribution in [-0.4, -0.2) is 24.0 Å². The average Bonchev–Trinajstić information content (AvgIpc) is 2.71. The minimum Gasteiger partial charge on any atom is -0.462 e. The SMILES string of the molecule is COC(=O)C(=O)Nc1c[nH]c2cc(F)c(F)cc12. The molecule has 1 aromatic carbocycles. The van der Waals surface area contributed by atoms with Gasteiger partial charge in [0, 0.05) is 17.6 Å². The van der Waals surface area contributed by atoms with Crippen molar-refractivity contribution >= 4 is 28.5 Å². The molecular formula is C11H8F2N2O3. The van der Waals surface area contributed by atoms with Gasteiger partial charge in [-0.1, -0.05) is 0 Å². The number of methoxy groups -OCH3 is 1. The minimum absolute atomic E-state index is 0.166. The molecule has 0 spiro atoms. The van der Waals surface area contributed by atoms with E-state index in [-0.39, 0.29) is 11.1 Å². The summed E-state index contributed by atoms with van der Waals surface area (Å²) in [6, 6.07) is 1.88. The maximum absolute atomic E-state index is 13.1. The van der Waals surface area contributed by atoms with Crippen molar-refractivity contribution in [1.29, 1.82) is 0 Å². The number of nitrogens with one attached hydrogen (secondary N) is 2. The van der Waals surface area contributed by atoms with E-state index in [4.69, 9.17) is 0 Å².